The summed E-state index contributed by atoms with van der Waals surface area (Å²) in [7, 11) is -4.39. The minimum absolute atomic E-state index is 0.252. The van der Waals surface area contributed by atoms with Gasteiger partial charge in [0.25, 0.3) is 0 Å². The van der Waals surface area contributed by atoms with Crippen molar-refractivity contribution in [1.29, 1.82) is 0 Å². The number of sulfonamides is 1. The molecule has 0 aromatic heterocycles. The third-order valence-electron chi connectivity index (χ3n) is 7.76. The Kier molecular flexibility index (Phi) is 9.19. The van der Waals surface area contributed by atoms with Crippen molar-refractivity contribution < 1.29 is 31.1 Å². The number of benzene rings is 3. The van der Waals surface area contributed by atoms with E-state index in [4.69, 9.17) is 4.74 Å². The summed E-state index contributed by atoms with van der Waals surface area (Å²) in [6.07, 6.45) is 0.486. The average Bonchev–Trinajstić information content (AvgIpc) is 3.50. The summed E-state index contributed by atoms with van der Waals surface area (Å²) in [6, 6.07) is 17.2. The number of hydrogen-bond donors (Lipinski definition) is 3. The minimum atomic E-state index is -4.70. The highest BCUT2D eigenvalue weighted by atomic mass is 32.2. The van der Waals surface area contributed by atoms with Crippen LogP contribution in [0.1, 0.15) is 72.9 Å². The van der Waals surface area contributed by atoms with E-state index in [1.807, 2.05) is 18.2 Å². The third kappa shape index (κ3) is 7.50. The Bertz CT molecular complexity index is 1490. The van der Waals surface area contributed by atoms with Gasteiger partial charge in [-0.3, -0.25) is 4.79 Å². The first-order valence-corrected chi connectivity index (χ1v) is 15.6. The molecule has 3 N–H and O–H groups in total. The van der Waals surface area contributed by atoms with Crippen molar-refractivity contribution in [3.8, 4) is 5.75 Å². The summed E-state index contributed by atoms with van der Waals surface area (Å²) in [5, 5.41) is 6.60. The molecule has 3 aromatic carbocycles. The molecule has 2 atom stereocenters. The van der Waals surface area contributed by atoms with E-state index in [0.717, 1.165) is 35.9 Å². The van der Waals surface area contributed by atoms with Gasteiger partial charge < -0.3 is 15.4 Å². The quantitative estimate of drug-likeness (QED) is 0.274. The van der Waals surface area contributed by atoms with Gasteiger partial charge in [-0.1, -0.05) is 61.4 Å². The van der Waals surface area contributed by atoms with Crippen LogP contribution in [0.25, 0.3) is 0 Å². The van der Waals surface area contributed by atoms with Crippen LogP contribution in [-0.2, 0) is 27.5 Å². The molecule has 42 heavy (non-hydrogen) atoms. The van der Waals surface area contributed by atoms with E-state index in [0.29, 0.717) is 36.4 Å². The zero-order valence-electron chi connectivity index (χ0n) is 23.0. The summed E-state index contributed by atoms with van der Waals surface area (Å²) in [5.41, 5.74) is 1.38. The zero-order chi connectivity index (χ0) is 29.7. The Morgan fingerprint density at radius 1 is 0.952 bits per heavy atom. The molecule has 1 aliphatic heterocycles. The van der Waals surface area contributed by atoms with Gasteiger partial charge >= 0.3 is 6.18 Å². The number of ether oxygens (including phenoxy) is 1. The number of halogens is 3. The van der Waals surface area contributed by atoms with Crippen molar-refractivity contribution in [3.05, 3.63) is 95.1 Å². The van der Waals surface area contributed by atoms with E-state index < -0.39 is 38.6 Å². The van der Waals surface area contributed by atoms with Gasteiger partial charge in [-0.05, 0) is 48.2 Å². The standard InChI is InChI=1S/C31H34F3N3O4S/c32-31(33,34)23-9-6-12-25(18-23)42(39,40)37-28(22-7-2-1-3-8-22)19-30(38)36-27-15-16-41-29-17-21(13-14-26(27)29)20-35-24-10-4-5-11-24/h1-3,6-9,12-14,17-18,24,27-28,35,37H,4-5,10-11,15-16,19-20H2,(H,36,38)/t27-,28-/m1/s1. The molecule has 3 aromatic rings. The molecule has 11 heteroatoms. The van der Waals surface area contributed by atoms with Gasteiger partial charge in [0.05, 0.1) is 29.1 Å². The van der Waals surface area contributed by atoms with E-state index in [9.17, 15) is 26.4 Å². The van der Waals surface area contributed by atoms with Crippen LogP contribution in [0, 0.1) is 0 Å². The molecule has 2 aliphatic rings. The van der Waals surface area contributed by atoms with E-state index in [1.54, 1.807) is 30.3 Å². The molecule has 1 aliphatic carbocycles. The van der Waals surface area contributed by atoms with Crippen molar-refractivity contribution in [2.24, 2.45) is 0 Å². The lowest BCUT2D eigenvalue weighted by atomic mass is 9.97. The Morgan fingerprint density at radius 2 is 1.71 bits per heavy atom. The maximum atomic E-state index is 13.3. The number of rotatable bonds is 10. The van der Waals surface area contributed by atoms with Gasteiger partial charge in [-0.2, -0.15) is 13.2 Å². The summed E-state index contributed by atoms with van der Waals surface area (Å²) >= 11 is 0. The number of amides is 1. The largest absolute Gasteiger partial charge is 0.493 e. The van der Waals surface area contributed by atoms with Crippen LogP contribution >= 0.6 is 0 Å². The maximum absolute atomic E-state index is 13.3. The predicted molar refractivity (Wildman–Crippen MR) is 152 cm³/mol. The molecule has 7 nitrogen and oxygen atoms in total. The lowest BCUT2D eigenvalue weighted by molar-refractivity contribution is -0.137. The third-order valence-corrected chi connectivity index (χ3v) is 9.23. The molecule has 224 valence electrons. The molecule has 1 amide bonds. The van der Waals surface area contributed by atoms with Crippen LogP contribution in [0.4, 0.5) is 13.2 Å². The SMILES string of the molecule is O=C(C[C@@H](NS(=O)(=O)c1cccc(C(F)(F)F)c1)c1ccccc1)N[C@@H]1CCOc2cc(CNC3CCCC3)ccc21. The van der Waals surface area contributed by atoms with Gasteiger partial charge in [-0.25, -0.2) is 13.1 Å². The lowest BCUT2D eigenvalue weighted by Gasteiger charge is -2.28. The fraction of sp³-hybridized carbons (Fsp3) is 0.387. The molecule has 0 saturated heterocycles. The van der Waals surface area contributed by atoms with Gasteiger partial charge in [0.15, 0.2) is 0 Å². The maximum Gasteiger partial charge on any atom is 0.416 e. The molecular formula is C31H34F3N3O4S. The molecule has 0 spiro atoms. The highest BCUT2D eigenvalue weighted by Crippen LogP contribution is 2.34. The summed E-state index contributed by atoms with van der Waals surface area (Å²) in [6.45, 7) is 1.16. The second-order valence-electron chi connectivity index (χ2n) is 10.8. The van der Waals surface area contributed by atoms with E-state index >= 15 is 0 Å². The predicted octanol–water partition coefficient (Wildman–Crippen LogP) is 5.79. The van der Waals surface area contributed by atoms with Crippen molar-refractivity contribution in [2.45, 2.75) is 74.3 Å². The summed E-state index contributed by atoms with van der Waals surface area (Å²) in [4.78, 5) is 12.8. The van der Waals surface area contributed by atoms with E-state index in [-0.39, 0.29) is 12.5 Å². The topological polar surface area (TPSA) is 96.5 Å². The second-order valence-corrected chi connectivity index (χ2v) is 12.5. The molecular weight excluding hydrogens is 567 g/mol. The number of nitrogens with one attached hydrogen (secondary N) is 3. The first-order chi connectivity index (χ1) is 20.1. The average molecular weight is 602 g/mol. The van der Waals surface area contributed by atoms with Crippen LogP contribution in [-0.4, -0.2) is 27.0 Å². The molecule has 5 rings (SSSR count). The van der Waals surface area contributed by atoms with Crippen molar-refractivity contribution in [2.75, 3.05) is 6.61 Å². The normalized spacial score (nSPS) is 18.2. The Morgan fingerprint density at radius 3 is 2.45 bits per heavy atom. The lowest BCUT2D eigenvalue weighted by Crippen LogP contribution is -2.36. The van der Waals surface area contributed by atoms with E-state index in [1.165, 1.54) is 25.7 Å². The molecule has 1 fully saturated rings. The fourth-order valence-corrected chi connectivity index (χ4v) is 6.80. The van der Waals surface area contributed by atoms with Gasteiger partial charge in [0.1, 0.15) is 5.75 Å². The Labute approximate surface area is 243 Å². The van der Waals surface area contributed by atoms with Crippen molar-refractivity contribution in [1.82, 2.24) is 15.4 Å². The molecule has 0 radical (unpaired) electrons. The van der Waals surface area contributed by atoms with Gasteiger partial charge in [-0.15, -0.1) is 0 Å². The van der Waals surface area contributed by atoms with Crippen LogP contribution in [0.5, 0.6) is 5.75 Å². The number of carbonyl (C=O) groups excluding carboxylic acids is 1. The molecule has 1 heterocycles. The number of fused-ring (bicyclic) bond motifs is 1. The number of carbonyl (C=O) groups is 1. The fourth-order valence-electron chi connectivity index (χ4n) is 5.53. The number of hydrogen-bond acceptors (Lipinski definition) is 5. The van der Waals surface area contributed by atoms with Crippen LogP contribution in [0.15, 0.2) is 77.7 Å². The molecule has 1 saturated carbocycles. The van der Waals surface area contributed by atoms with Crippen LogP contribution in [0.2, 0.25) is 0 Å². The minimum Gasteiger partial charge on any atom is -0.493 e. The monoisotopic (exact) mass is 601 g/mol. The zero-order valence-corrected chi connectivity index (χ0v) is 23.8. The van der Waals surface area contributed by atoms with Crippen molar-refractivity contribution in [3.63, 3.8) is 0 Å². The van der Waals surface area contributed by atoms with Crippen LogP contribution < -0.4 is 20.1 Å². The van der Waals surface area contributed by atoms with Gasteiger partial charge in [0.2, 0.25) is 15.9 Å². The Hall–Kier alpha value is -3.41. The first-order valence-electron chi connectivity index (χ1n) is 14.1. The van der Waals surface area contributed by atoms with Crippen LogP contribution in [0.3, 0.4) is 0 Å². The second kappa shape index (κ2) is 12.8. The van der Waals surface area contributed by atoms with E-state index in [2.05, 4.69) is 15.4 Å². The van der Waals surface area contributed by atoms with Gasteiger partial charge in [0, 0.05) is 31.0 Å². The summed E-state index contributed by atoms with van der Waals surface area (Å²) in [5.74, 6) is 0.308. The smallest absolute Gasteiger partial charge is 0.416 e. The highest BCUT2D eigenvalue weighted by molar-refractivity contribution is 7.89. The highest BCUT2D eigenvalue weighted by Gasteiger charge is 2.33. The first kappa shape index (κ1) is 30.1. The summed E-state index contributed by atoms with van der Waals surface area (Å²) < 4.78 is 74.4. The molecule has 0 unspecified atom stereocenters. The van der Waals surface area contributed by atoms with Crippen molar-refractivity contribution >= 4 is 15.9 Å². The number of alkyl halides is 3. The Balaban J connectivity index is 1.29. The molecule has 0 bridgehead atoms.